The number of hydrogen-bond donors (Lipinski definition) is 4. The van der Waals surface area contributed by atoms with Crippen LogP contribution in [-0.4, -0.2) is 54.4 Å². The van der Waals surface area contributed by atoms with Crippen LogP contribution in [0.25, 0.3) is 11.1 Å². The van der Waals surface area contributed by atoms with Crippen molar-refractivity contribution in [1.82, 2.24) is 15.5 Å². The fraction of sp³-hybridized carbons (Fsp3) is 0.250. The summed E-state index contributed by atoms with van der Waals surface area (Å²) in [4.78, 5) is 33.4. The second-order valence-electron chi connectivity index (χ2n) is 11.1. The van der Waals surface area contributed by atoms with Gasteiger partial charge in [-0.1, -0.05) is 103 Å². The first-order chi connectivity index (χ1) is 21.5. The van der Waals surface area contributed by atoms with Gasteiger partial charge in [-0.15, -0.1) is 0 Å². The average Bonchev–Trinajstić information content (AvgIpc) is 3.22. The van der Waals surface area contributed by atoms with Gasteiger partial charge in [0.2, 0.25) is 5.91 Å². The summed E-state index contributed by atoms with van der Waals surface area (Å²) in [5, 5.41) is 6.66. The van der Waals surface area contributed by atoms with Crippen LogP contribution in [0.2, 0.25) is 0 Å². The Bertz CT molecular complexity index is 1480. The lowest BCUT2D eigenvalue weighted by Gasteiger charge is -2.33. The Morgan fingerprint density at radius 1 is 0.841 bits per heavy atom. The van der Waals surface area contributed by atoms with Gasteiger partial charge in [-0.05, 0) is 53.6 Å². The number of nitrogens with one attached hydrogen (secondary N) is 2. The van der Waals surface area contributed by atoms with Gasteiger partial charge in [-0.2, -0.15) is 0 Å². The molecule has 0 bridgehead atoms. The summed E-state index contributed by atoms with van der Waals surface area (Å²) in [6.07, 6.45) is 1.89. The molecule has 4 aromatic rings. The minimum Gasteiger partial charge on any atom is -0.370 e. The Kier molecular flexibility index (Phi) is 10.4. The number of carbonyl (C=O) groups excluding carboxylic acids is 2. The Hall–Kier alpha value is -4.95. The molecule has 1 aliphatic rings. The second-order valence-corrected chi connectivity index (χ2v) is 11.1. The van der Waals surface area contributed by atoms with Crippen LogP contribution < -0.4 is 22.1 Å². The van der Waals surface area contributed by atoms with Crippen molar-refractivity contribution in [3.63, 3.8) is 0 Å². The zero-order valence-corrected chi connectivity index (χ0v) is 24.8. The lowest BCUT2D eigenvalue weighted by Crippen LogP contribution is -2.49. The number of amides is 2. The molecule has 0 saturated carbocycles. The summed E-state index contributed by atoms with van der Waals surface area (Å²) < 4.78 is 0. The molecule has 8 nitrogen and oxygen atoms in total. The Morgan fingerprint density at radius 2 is 1.41 bits per heavy atom. The number of rotatable bonds is 11. The highest BCUT2D eigenvalue weighted by molar-refractivity contribution is 5.94. The van der Waals surface area contributed by atoms with Crippen LogP contribution in [0, 0.1) is 0 Å². The Balaban J connectivity index is 1.32. The van der Waals surface area contributed by atoms with Crippen molar-refractivity contribution in [3.8, 4) is 11.1 Å². The molecule has 0 spiro atoms. The quantitative estimate of drug-likeness (QED) is 0.117. The molecule has 0 aromatic heterocycles. The molecule has 226 valence electrons. The van der Waals surface area contributed by atoms with Crippen molar-refractivity contribution in [2.75, 3.05) is 19.6 Å². The monoisotopic (exact) mass is 588 g/mol. The fourth-order valence-corrected chi connectivity index (χ4v) is 5.76. The number of hydrogen-bond acceptors (Lipinski definition) is 4. The zero-order valence-electron chi connectivity index (χ0n) is 24.8. The number of aliphatic imine (C=N–C) groups is 1. The van der Waals surface area contributed by atoms with Crippen molar-refractivity contribution in [1.29, 1.82) is 0 Å². The maximum atomic E-state index is 14.2. The van der Waals surface area contributed by atoms with Crippen molar-refractivity contribution in [3.05, 3.63) is 132 Å². The van der Waals surface area contributed by atoms with Crippen molar-refractivity contribution < 1.29 is 9.59 Å². The minimum atomic E-state index is -0.450. The fourth-order valence-electron chi connectivity index (χ4n) is 5.76. The molecule has 1 saturated heterocycles. The van der Waals surface area contributed by atoms with E-state index in [0.29, 0.717) is 44.5 Å². The highest BCUT2D eigenvalue weighted by Crippen LogP contribution is 2.31. The minimum absolute atomic E-state index is 0.0257. The topological polar surface area (TPSA) is 126 Å². The van der Waals surface area contributed by atoms with E-state index in [9.17, 15) is 9.59 Å². The van der Waals surface area contributed by atoms with E-state index in [2.05, 4.69) is 39.9 Å². The van der Waals surface area contributed by atoms with Gasteiger partial charge in [-0.3, -0.25) is 14.6 Å². The van der Waals surface area contributed by atoms with Gasteiger partial charge in [0.1, 0.15) is 0 Å². The number of carbonyl (C=O) groups is 2. The van der Waals surface area contributed by atoms with Crippen molar-refractivity contribution >= 4 is 17.8 Å². The van der Waals surface area contributed by atoms with E-state index >= 15 is 0 Å². The molecule has 0 radical (unpaired) electrons. The van der Waals surface area contributed by atoms with E-state index < -0.39 is 6.04 Å². The van der Waals surface area contributed by atoms with E-state index in [4.69, 9.17) is 11.5 Å². The summed E-state index contributed by atoms with van der Waals surface area (Å²) in [6, 6.07) is 37.2. The van der Waals surface area contributed by atoms with Crippen LogP contribution in [0.1, 0.15) is 46.8 Å². The predicted octanol–water partition coefficient (Wildman–Crippen LogP) is 4.49. The largest absolute Gasteiger partial charge is 0.370 e. The molecule has 1 heterocycles. The SMILES string of the molecule is NC(N)=NCCC[C@@H]1N[C@@H](CNC(=O)c2ccc(-c3ccccc3)cc2)CCN(C(c2ccccc2)c2ccccc2)C1=O. The lowest BCUT2D eigenvalue weighted by molar-refractivity contribution is -0.134. The highest BCUT2D eigenvalue weighted by Gasteiger charge is 2.35. The number of benzene rings is 4. The summed E-state index contributed by atoms with van der Waals surface area (Å²) >= 11 is 0. The van der Waals surface area contributed by atoms with Gasteiger partial charge in [0.05, 0.1) is 12.1 Å². The van der Waals surface area contributed by atoms with Crippen LogP contribution in [-0.2, 0) is 4.79 Å². The number of nitrogens with two attached hydrogens (primary N) is 2. The highest BCUT2D eigenvalue weighted by atomic mass is 16.2. The summed E-state index contributed by atoms with van der Waals surface area (Å²) in [6.45, 7) is 1.37. The molecule has 0 aliphatic carbocycles. The molecule has 2 atom stereocenters. The van der Waals surface area contributed by atoms with Crippen molar-refractivity contribution in [2.45, 2.75) is 37.4 Å². The third kappa shape index (κ3) is 7.90. The molecule has 1 fully saturated rings. The average molecular weight is 589 g/mol. The van der Waals surface area contributed by atoms with E-state index in [0.717, 1.165) is 22.3 Å². The summed E-state index contributed by atoms with van der Waals surface area (Å²) in [7, 11) is 0. The van der Waals surface area contributed by atoms with E-state index in [1.807, 2.05) is 95.9 Å². The third-order valence-corrected chi connectivity index (χ3v) is 7.99. The first-order valence-electron chi connectivity index (χ1n) is 15.1. The van der Waals surface area contributed by atoms with Crippen LogP contribution in [0.4, 0.5) is 0 Å². The molecule has 1 aliphatic heterocycles. The smallest absolute Gasteiger partial charge is 0.251 e. The van der Waals surface area contributed by atoms with Gasteiger partial charge >= 0.3 is 0 Å². The zero-order chi connectivity index (χ0) is 30.7. The number of nitrogens with zero attached hydrogens (tertiary/aromatic N) is 2. The van der Waals surface area contributed by atoms with Gasteiger partial charge in [0.25, 0.3) is 5.91 Å². The predicted molar refractivity (Wildman–Crippen MR) is 176 cm³/mol. The molecule has 2 amide bonds. The van der Waals surface area contributed by atoms with Gasteiger partial charge in [-0.25, -0.2) is 0 Å². The number of guanidine groups is 1. The lowest BCUT2D eigenvalue weighted by atomic mass is 9.96. The molecule has 0 unspecified atom stereocenters. The van der Waals surface area contributed by atoms with Crippen LogP contribution in [0.3, 0.4) is 0 Å². The summed E-state index contributed by atoms with van der Waals surface area (Å²) in [5.74, 6) is -0.0790. The van der Waals surface area contributed by atoms with Crippen LogP contribution in [0.15, 0.2) is 120 Å². The Labute approximate surface area is 259 Å². The molecule has 4 aromatic carbocycles. The molecule has 44 heavy (non-hydrogen) atoms. The van der Waals surface area contributed by atoms with Gasteiger partial charge in [0.15, 0.2) is 5.96 Å². The summed E-state index contributed by atoms with van der Waals surface area (Å²) in [5.41, 5.74) is 15.9. The van der Waals surface area contributed by atoms with E-state index in [1.54, 1.807) is 0 Å². The van der Waals surface area contributed by atoms with Gasteiger partial charge < -0.3 is 27.0 Å². The maximum Gasteiger partial charge on any atom is 0.251 e. The first kappa shape index (κ1) is 30.5. The maximum absolute atomic E-state index is 14.2. The molecular formula is C36H40N6O2. The van der Waals surface area contributed by atoms with Crippen LogP contribution in [0.5, 0.6) is 0 Å². The standard InChI is InChI=1S/C36H40N6O2/c37-36(38)39-23-10-17-32-35(44)42(33(28-13-6-2-7-14-28)29-15-8-3-9-16-29)24-22-31(41-32)25-40-34(43)30-20-18-27(19-21-30)26-11-4-1-5-12-26/h1-9,11-16,18-21,31-33,41H,10,17,22-25H2,(H,40,43)(H4,37,38,39)/t31-,32+/m1/s1. The van der Waals surface area contributed by atoms with Crippen molar-refractivity contribution in [2.24, 2.45) is 16.5 Å². The molecule has 6 N–H and O–H groups in total. The Morgan fingerprint density at radius 3 is 2.00 bits per heavy atom. The second kappa shape index (κ2) is 15.0. The molecule has 5 rings (SSSR count). The normalized spacial score (nSPS) is 16.8. The molecular weight excluding hydrogens is 548 g/mol. The third-order valence-electron chi connectivity index (χ3n) is 7.99. The molecule has 8 heteroatoms. The van der Waals surface area contributed by atoms with Crippen LogP contribution >= 0.6 is 0 Å². The van der Waals surface area contributed by atoms with E-state index in [-0.39, 0.29) is 29.9 Å². The van der Waals surface area contributed by atoms with E-state index in [1.165, 1.54) is 0 Å². The first-order valence-corrected chi connectivity index (χ1v) is 15.1. The van der Waals surface area contributed by atoms with Gasteiger partial charge in [0, 0.05) is 31.2 Å².